The van der Waals surface area contributed by atoms with Crippen LogP contribution in [-0.2, 0) is 33.3 Å². The van der Waals surface area contributed by atoms with Gasteiger partial charge in [0, 0.05) is 0 Å². The molecule has 0 N–H and O–H groups in total. The van der Waals surface area contributed by atoms with Gasteiger partial charge in [-0.05, 0) is 24.0 Å². The molecule has 37 heavy (non-hydrogen) atoms. The van der Waals surface area contributed by atoms with Crippen molar-refractivity contribution in [3.63, 3.8) is 0 Å². The van der Waals surface area contributed by atoms with E-state index in [0.717, 1.165) is 12.8 Å². The summed E-state index contributed by atoms with van der Waals surface area (Å²) in [7, 11) is 10.5. The monoisotopic (exact) mass is 529 g/mol. The second-order valence-corrected chi connectivity index (χ2v) is 9.01. The number of hydrogen-bond donors (Lipinski definition) is 0. The van der Waals surface area contributed by atoms with E-state index in [1.165, 1.54) is 22.3 Å². The van der Waals surface area contributed by atoms with Crippen molar-refractivity contribution in [2.75, 3.05) is 42.3 Å². The summed E-state index contributed by atoms with van der Waals surface area (Å²) in [5.41, 5.74) is 5.55. The molecule has 0 aromatic heterocycles. The molecule has 4 rings (SSSR count). The Hall–Kier alpha value is -2.53. The van der Waals surface area contributed by atoms with E-state index in [1.807, 2.05) is 12.1 Å². The molecule has 0 saturated heterocycles. The average molecular weight is 530 g/mol. The molecule has 3 aromatic rings. The summed E-state index contributed by atoms with van der Waals surface area (Å²) in [6.07, 6.45) is 15.1. The average Bonchev–Trinajstić information content (AvgIpc) is 3.30. The Balaban J connectivity index is 0.000000570. The van der Waals surface area contributed by atoms with E-state index in [9.17, 15) is 0 Å². The Morgan fingerprint density at radius 1 is 0.595 bits per heavy atom. The molecule has 1 unspecified atom stereocenters. The molecule has 0 fully saturated rings. The summed E-state index contributed by atoms with van der Waals surface area (Å²) in [5.74, 6) is 0. The molecular formula is C33H43N3Ti. The Bertz CT molecular complexity index is 928. The first-order chi connectivity index (χ1) is 18.1. The number of benzene rings is 3. The van der Waals surface area contributed by atoms with Crippen molar-refractivity contribution in [1.82, 2.24) is 0 Å². The molecule has 0 bridgehead atoms. The van der Waals surface area contributed by atoms with E-state index >= 15 is 0 Å². The summed E-state index contributed by atoms with van der Waals surface area (Å²) >= 11 is 2.22. The number of rotatable bonds is 5. The standard InChI is InChI=1S/C18H18.C9H7.3C2H6N.Ti/c1(5-11-17-13-7-3-8-14-17)2-6-12-18-15-9-4-10-16-18;1-2-5-9-7-3-6-8(9)4-1;3*1-3-2;/h1-10,13-16H,11-12H2;1-7H;3*1-2H3;/q;;3*-1;+3. The van der Waals surface area contributed by atoms with Crippen LogP contribution in [0.3, 0.4) is 0 Å². The third kappa shape index (κ3) is 18.4. The Kier molecular flexibility index (Phi) is 23.4. The van der Waals surface area contributed by atoms with Crippen LogP contribution in [-0.4, -0.2) is 42.3 Å². The van der Waals surface area contributed by atoms with Gasteiger partial charge < -0.3 is 16.0 Å². The second kappa shape index (κ2) is 25.1. The molecule has 3 aromatic carbocycles. The van der Waals surface area contributed by atoms with Gasteiger partial charge in [-0.1, -0.05) is 85.0 Å². The van der Waals surface area contributed by atoms with Gasteiger partial charge in [-0.3, -0.25) is 0 Å². The fourth-order valence-electron chi connectivity index (χ4n) is 3.04. The molecule has 0 spiro atoms. The summed E-state index contributed by atoms with van der Waals surface area (Å²) in [6.45, 7) is 0. The van der Waals surface area contributed by atoms with E-state index in [-0.39, 0.29) is 0 Å². The topological polar surface area (TPSA) is 42.3 Å². The van der Waals surface area contributed by atoms with Crippen molar-refractivity contribution >= 4 is 6.08 Å². The van der Waals surface area contributed by atoms with Gasteiger partial charge in [0.05, 0.1) is 0 Å². The third-order valence-electron chi connectivity index (χ3n) is 4.58. The van der Waals surface area contributed by atoms with Crippen LogP contribution in [0.15, 0.2) is 115 Å². The van der Waals surface area contributed by atoms with Crippen LogP contribution in [0.5, 0.6) is 0 Å². The van der Waals surface area contributed by atoms with Gasteiger partial charge in [0.2, 0.25) is 0 Å². The van der Waals surface area contributed by atoms with Crippen LogP contribution in [0.1, 0.15) is 26.5 Å². The predicted octanol–water partition coefficient (Wildman–Crippen LogP) is 8.74. The van der Waals surface area contributed by atoms with Gasteiger partial charge in [-0.2, -0.15) is 42.3 Å². The zero-order valence-electron chi connectivity index (χ0n) is 23.4. The summed E-state index contributed by atoms with van der Waals surface area (Å²) in [6, 6.07) is 29.6. The van der Waals surface area contributed by atoms with Crippen molar-refractivity contribution in [2.24, 2.45) is 0 Å². The van der Waals surface area contributed by atoms with Gasteiger partial charge in [0.25, 0.3) is 0 Å². The summed E-state index contributed by atoms with van der Waals surface area (Å²) < 4.78 is 0.621. The molecule has 1 aliphatic rings. The fraction of sp³-hybridized carbons (Fsp3) is 0.273. The van der Waals surface area contributed by atoms with Crippen molar-refractivity contribution in [3.8, 4) is 0 Å². The van der Waals surface area contributed by atoms with E-state index < -0.39 is 0 Å². The van der Waals surface area contributed by atoms with Gasteiger partial charge in [-0.15, -0.1) is 0 Å². The number of fused-ring (bicyclic) bond motifs is 1. The fourth-order valence-corrected chi connectivity index (χ4v) is 3.60. The molecular weight excluding hydrogens is 486 g/mol. The van der Waals surface area contributed by atoms with Crippen molar-refractivity contribution in [3.05, 3.63) is 154 Å². The molecule has 0 saturated carbocycles. The quantitative estimate of drug-likeness (QED) is 0.234. The predicted molar refractivity (Wildman–Crippen MR) is 162 cm³/mol. The molecule has 1 atom stereocenters. The van der Waals surface area contributed by atoms with Crippen LogP contribution >= 0.6 is 0 Å². The third-order valence-corrected chi connectivity index (χ3v) is 5.36. The molecule has 194 valence electrons. The van der Waals surface area contributed by atoms with E-state index in [4.69, 9.17) is 0 Å². The molecule has 4 heteroatoms. The molecule has 0 amide bonds. The van der Waals surface area contributed by atoms with Crippen LogP contribution < -0.4 is 0 Å². The summed E-state index contributed by atoms with van der Waals surface area (Å²) in [5, 5.41) is 10.5. The van der Waals surface area contributed by atoms with E-state index in [0.29, 0.717) is 4.22 Å². The Morgan fingerprint density at radius 3 is 1.38 bits per heavy atom. The number of allylic oxidation sites excluding steroid dienone is 5. The first kappa shape index (κ1) is 34.5. The van der Waals surface area contributed by atoms with Crippen LogP contribution in [0.2, 0.25) is 0 Å². The number of nitrogens with zero attached hydrogens (tertiary/aromatic N) is 3. The first-order valence-electron chi connectivity index (χ1n) is 12.4. The molecule has 3 nitrogen and oxygen atoms in total. The van der Waals surface area contributed by atoms with Gasteiger partial charge in [0.15, 0.2) is 0 Å². The van der Waals surface area contributed by atoms with Crippen molar-refractivity contribution in [2.45, 2.75) is 17.1 Å². The molecule has 0 radical (unpaired) electrons. The second-order valence-electron chi connectivity index (χ2n) is 8.04. The Labute approximate surface area is 238 Å². The molecule has 0 heterocycles. The zero-order valence-corrected chi connectivity index (χ0v) is 24.9. The SMILES string of the molecule is C(C=CCc1ccccc1)=CCc1ccccc1.C[N-]C.C[N-]C.C[N-]C.[Ti+3][CH]1C=Cc2ccccc21. The Morgan fingerprint density at radius 2 is 0.973 bits per heavy atom. The van der Waals surface area contributed by atoms with Gasteiger partial charge in [0.1, 0.15) is 0 Å². The van der Waals surface area contributed by atoms with E-state index in [2.05, 4.69) is 146 Å². The van der Waals surface area contributed by atoms with Crippen LogP contribution in [0, 0.1) is 0 Å². The molecule has 0 aliphatic heterocycles. The number of hydrogen-bond acceptors (Lipinski definition) is 0. The zero-order chi connectivity index (χ0) is 27.6. The maximum absolute atomic E-state index is 3.50. The van der Waals surface area contributed by atoms with Gasteiger partial charge in [-0.25, -0.2) is 0 Å². The summed E-state index contributed by atoms with van der Waals surface area (Å²) in [4.78, 5) is 0. The molecule has 1 aliphatic carbocycles. The maximum atomic E-state index is 3.50. The van der Waals surface area contributed by atoms with E-state index in [1.54, 1.807) is 42.3 Å². The van der Waals surface area contributed by atoms with Crippen molar-refractivity contribution < 1.29 is 20.4 Å². The van der Waals surface area contributed by atoms with Crippen LogP contribution in [0.25, 0.3) is 22.0 Å². The minimum atomic E-state index is 0.621. The normalized spacial score (nSPS) is 12.7. The van der Waals surface area contributed by atoms with Crippen LogP contribution in [0.4, 0.5) is 0 Å². The minimum absolute atomic E-state index is 0.621. The van der Waals surface area contributed by atoms with Gasteiger partial charge >= 0.3 is 72.2 Å². The van der Waals surface area contributed by atoms with Crippen molar-refractivity contribution in [1.29, 1.82) is 0 Å². The first-order valence-corrected chi connectivity index (χ1v) is 13.3.